The summed E-state index contributed by atoms with van der Waals surface area (Å²) >= 11 is 31.6. The van der Waals surface area contributed by atoms with Gasteiger partial charge in [0, 0.05) is 0 Å². The lowest BCUT2D eigenvalue weighted by Gasteiger charge is -2.04. The Bertz CT molecular complexity index is 176. The summed E-state index contributed by atoms with van der Waals surface area (Å²) in [7, 11) is 0. The van der Waals surface area contributed by atoms with Gasteiger partial charge in [-0.2, -0.15) is 0 Å². The Balaban J connectivity index is 4.69. The van der Waals surface area contributed by atoms with Crippen molar-refractivity contribution in [2.24, 2.45) is 0 Å². The zero-order valence-electron chi connectivity index (χ0n) is 4.27. The van der Waals surface area contributed by atoms with Gasteiger partial charge in [-0.1, -0.05) is 75.3 Å². The second-order valence-corrected chi connectivity index (χ2v) is 4.81. The molecule has 0 rings (SSSR count). The second kappa shape index (κ2) is 4.33. The molecule has 0 aromatic heterocycles. The zero-order valence-corrected chi connectivity index (χ0v) is 8.80. The summed E-state index contributed by atoms with van der Waals surface area (Å²) in [5.41, 5.74) is 2.22. The lowest BCUT2D eigenvalue weighted by atomic mass is 10.7. The Morgan fingerprint density at radius 1 is 1.00 bits per heavy atom. The smallest absolute Gasteiger partial charge is 0.0767 e. The minimum Gasteiger partial charge on any atom is -0.0767 e. The fraction of sp³-hybridized carbons (Fsp3) is 0.250. The van der Waals surface area contributed by atoms with Crippen LogP contribution < -0.4 is 0 Å². The third-order valence-electron chi connectivity index (χ3n) is 0.453. The number of allylic oxidation sites excluding steroid dienone is 1. The van der Waals surface area contributed by atoms with E-state index in [1.165, 1.54) is 0 Å². The Morgan fingerprint density at radius 3 is 1.50 bits per heavy atom. The molecule has 0 bridgehead atoms. The number of hydrogen-bond acceptors (Lipinski definition) is 0. The molecule has 0 aromatic carbocycles. The standard InChI is InChI=1S/C4Cl6/c5-2(1-3(6)7)4(8,9)10. The van der Waals surface area contributed by atoms with E-state index in [4.69, 9.17) is 69.6 Å². The van der Waals surface area contributed by atoms with Crippen molar-refractivity contribution in [3.05, 3.63) is 15.3 Å². The molecule has 0 unspecified atom stereocenters. The van der Waals surface area contributed by atoms with Gasteiger partial charge in [0.2, 0.25) is 3.79 Å². The fourth-order valence-corrected chi connectivity index (χ4v) is 0.676. The number of alkyl halides is 3. The third-order valence-corrected chi connectivity index (χ3v) is 1.88. The SMILES string of the molecule is ClC(Cl)=C=C(Cl)C(Cl)(Cl)Cl. The average molecular weight is 261 g/mol. The molecule has 58 valence electrons. The minimum atomic E-state index is -1.71. The molecule has 0 radical (unpaired) electrons. The average Bonchev–Trinajstić information content (AvgIpc) is 1.60. The van der Waals surface area contributed by atoms with E-state index in [1.807, 2.05) is 0 Å². The van der Waals surface area contributed by atoms with E-state index >= 15 is 0 Å². The first kappa shape index (κ1) is 11.3. The van der Waals surface area contributed by atoms with Crippen LogP contribution in [-0.4, -0.2) is 3.79 Å². The highest BCUT2D eigenvalue weighted by atomic mass is 35.6. The first-order valence-electron chi connectivity index (χ1n) is 1.88. The molecular weight excluding hydrogens is 261 g/mol. The molecule has 0 fully saturated rings. The van der Waals surface area contributed by atoms with Crippen molar-refractivity contribution in [3.8, 4) is 0 Å². The Kier molecular flexibility index (Phi) is 4.87. The third kappa shape index (κ3) is 4.98. The minimum absolute atomic E-state index is 0.169. The predicted molar refractivity (Wildman–Crippen MR) is 48.4 cm³/mol. The first-order chi connectivity index (χ1) is 4.34. The lowest BCUT2D eigenvalue weighted by molar-refractivity contribution is 1.42. The predicted octanol–water partition coefficient (Wildman–Crippen LogP) is 4.40. The molecule has 0 saturated heterocycles. The summed E-state index contributed by atoms with van der Waals surface area (Å²) in [5, 5.41) is -0.169. The van der Waals surface area contributed by atoms with Gasteiger partial charge in [-0.05, 0) is 0 Å². The monoisotopic (exact) mass is 258 g/mol. The topological polar surface area (TPSA) is 0 Å². The largest absolute Gasteiger partial charge is 0.233 e. The fourth-order valence-electron chi connectivity index (χ4n) is 0.154. The molecule has 0 aliphatic heterocycles. The van der Waals surface area contributed by atoms with Crippen LogP contribution in [0.15, 0.2) is 15.3 Å². The van der Waals surface area contributed by atoms with Gasteiger partial charge >= 0.3 is 0 Å². The van der Waals surface area contributed by atoms with Crippen LogP contribution in [0.25, 0.3) is 0 Å². The van der Waals surface area contributed by atoms with E-state index in [2.05, 4.69) is 5.73 Å². The maximum absolute atomic E-state index is 5.37. The quantitative estimate of drug-likeness (QED) is 0.447. The highest BCUT2D eigenvalue weighted by molar-refractivity contribution is 6.73. The molecule has 0 aromatic rings. The van der Waals surface area contributed by atoms with E-state index in [1.54, 1.807) is 0 Å². The summed E-state index contributed by atoms with van der Waals surface area (Å²) in [6.45, 7) is 0. The van der Waals surface area contributed by atoms with E-state index < -0.39 is 3.79 Å². The molecule has 0 aliphatic rings. The highest BCUT2D eigenvalue weighted by Crippen LogP contribution is 2.36. The van der Waals surface area contributed by atoms with Crippen LogP contribution in [0.4, 0.5) is 0 Å². The molecule has 0 aliphatic carbocycles. The number of halogens is 6. The van der Waals surface area contributed by atoms with E-state index in [0.29, 0.717) is 0 Å². The van der Waals surface area contributed by atoms with E-state index in [9.17, 15) is 0 Å². The maximum atomic E-state index is 5.37. The van der Waals surface area contributed by atoms with Crippen molar-refractivity contribution in [3.63, 3.8) is 0 Å². The van der Waals surface area contributed by atoms with Gasteiger partial charge in [-0.15, -0.1) is 0 Å². The van der Waals surface area contributed by atoms with Gasteiger partial charge in [-0.3, -0.25) is 0 Å². The van der Waals surface area contributed by atoms with Crippen molar-refractivity contribution in [1.29, 1.82) is 0 Å². The molecule has 0 spiro atoms. The molecular formula is C4Cl6. The Labute approximate surface area is 88.3 Å². The van der Waals surface area contributed by atoms with Crippen molar-refractivity contribution >= 4 is 69.6 Å². The number of hydrogen-bond donors (Lipinski definition) is 0. The first-order valence-corrected chi connectivity index (χ1v) is 4.15. The molecule has 6 heteroatoms. The summed E-state index contributed by atoms with van der Waals surface area (Å²) in [5.74, 6) is 0. The Morgan fingerprint density at radius 2 is 1.40 bits per heavy atom. The lowest BCUT2D eigenvalue weighted by Crippen LogP contribution is -1.99. The van der Waals surface area contributed by atoms with Crippen LogP contribution in [-0.2, 0) is 0 Å². The van der Waals surface area contributed by atoms with Gasteiger partial charge in [0.1, 0.15) is 9.52 Å². The maximum Gasteiger partial charge on any atom is 0.233 e. The molecule has 10 heavy (non-hydrogen) atoms. The van der Waals surface area contributed by atoms with Gasteiger partial charge < -0.3 is 0 Å². The second-order valence-electron chi connectivity index (χ2n) is 1.20. The molecule has 0 atom stereocenters. The molecule has 0 heterocycles. The van der Waals surface area contributed by atoms with Crippen LogP contribution in [0, 0.1) is 0 Å². The van der Waals surface area contributed by atoms with Crippen LogP contribution >= 0.6 is 69.6 Å². The number of rotatable bonds is 0. The molecule has 0 nitrogen and oxygen atoms in total. The molecule has 0 N–H and O–H groups in total. The van der Waals surface area contributed by atoms with Gasteiger partial charge in [0.05, 0.1) is 0 Å². The van der Waals surface area contributed by atoms with Gasteiger partial charge in [0.25, 0.3) is 0 Å². The molecule has 0 saturated carbocycles. The summed E-state index contributed by atoms with van der Waals surface area (Å²) in [4.78, 5) is 0. The van der Waals surface area contributed by atoms with Crippen molar-refractivity contribution < 1.29 is 0 Å². The van der Waals surface area contributed by atoms with Gasteiger partial charge in [-0.25, -0.2) is 0 Å². The van der Waals surface area contributed by atoms with Crippen molar-refractivity contribution in [1.82, 2.24) is 0 Å². The Hall–Kier alpha value is 1.26. The normalized spacial score (nSPS) is 10.6. The summed E-state index contributed by atoms with van der Waals surface area (Å²) in [6, 6.07) is 0. The van der Waals surface area contributed by atoms with Crippen LogP contribution in [0.3, 0.4) is 0 Å². The molecule has 0 amide bonds. The summed E-state index contributed by atoms with van der Waals surface area (Å²) in [6.07, 6.45) is 0. The van der Waals surface area contributed by atoms with Crippen LogP contribution in [0.2, 0.25) is 0 Å². The summed E-state index contributed by atoms with van der Waals surface area (Å²) < 4.78 is -1.90. The van der Waals surface area contributed by atoms with Crippen molar-refractivity contribution in [2.45, 2.75) is 3.79 Å². The van der Waals surface area contributed by atoms with E-state index in [-0.39, 0.29) is 9.52 Å². The highest BCUT2D eigenvalue weighted by Gasteiger charge is 2.24. The van der Waals surface area contributed by atoms with Crippen LogP contribution in [0.1, 0.15) is 0 Å². The zero-order chi connectivity index (χ0) is 8.36. The van der Waals surface area contributed by atoms with Gasteiger partial charge in [0.15, 0.2) is 0 Å². The van der Waals surface area contributed by atoms with Crippen molar-refractivity contribution in [2.75, 3.05) is 0 Å². The van der Waals surface area contributed by atoms with Crippen LogP contribution in [0.5, 0.6) is 0 Å². The van der Waals surface area contributed by atoms with E-state index in [0.717, 1.165) is 0 Å².